The number of aryl methyl sites for hydroxylation is 1. The van der Waals surface area contributed by atoms with Crippen LogP contribution in [0, 0.1) is 6.92 Å². The molecule has 3 aromatic rings. The Bertz CT molecular complexity index is 795. The van der Waals surface area contributed by atoms with Crippen molar-refractivity contribution in [1.29, 1.82) is 0 Å². The lowest BCUT2D eigenvalue weighted by molar-refractivity contribution is 0.509. The van der Waals surface area contributed by atoms with Crippen LogP contribution in [0.4, 0.5) is 0 Å². The van der Waals surface area contributed by atoms with Gasteiger partial charge in [0.1, 0.15) is 5.82 Å². The second-order valence-corrected chi connectivity index (χ2v) is 7.04. The smallest absolute Gasteiger partial charge is 0.247 e. The molecule has 0 amide bonds. The highest BCUT2D eigenvalue weighted by Gasteiger charge is 2.19. The number of hydrogen-bond donors (Lipinski definition) is 1. The van der Waals surface area contributed by atoms with E-state index in [4.69, 9.17) is 4.42 Å². The second kappa shape index (κ2) is 6.54. The van der Waals surface area contributed by atoms with E-state index in [1.54, 1.807) is 0 Å². The fourth-order valence-electron chi connectivity index (χ4n) is 2.07. The summed E-state index contributed by atoms with van der Waals surface area (Å²) in [5.41, 5.74) is 2.09. The molecule has 0 unspecified atom stereocenters. The van der Waals surface area contributed by atoms with Gasteiger partial charge in [-0.2, -0.15) is 0 Å². The minimum Gasteiger partial charge on any atom is -0.419 e. The first-order valence-electron chi connectivity index (χ1n) is 7.52. The molecule has 3 rings (SSSR count). The summed E-state index contributed by atoms with van der Waals surface area (Å²) in [6, 6.07) is 8.01. The third kappa shape index (κ3) is 3.61. The molecule has 0 aliphatic heterocycles. The Morgan fingerprint density at radius 3 is 2.70 bits per heavy atom. The Labute approximate surface area is 139 Å². The summed E-state index contributed by atoms with van der Waals surface area (Å²) in [6.07, 6.45) is 0. The van der Waals surface area contributed by atoms with Gasteiger partial charge in [-0.3, -0.25) is 5.10 Å². The average molecular weight is 329 g/mol. The number of aromatic amines is 1. The topological polar surface area (TPSA) is 80.5 Å². The SMILES string of the molecule is Cc1cccc(-c2nnc([C@@H](C)Sc3n[nH]c(C(C)C)n3)o2)c1. The van der Waals surface area contributed by atoms with E-state index in [0.29, 0.717) is 22.9 Å². The largest absolute Gasteiger partial charge is 0.419 e. The molecule has 0 saturated carbocycles. The number of nitrogens with one attached hydrogen (secondary N) is 1. The number of H-pyrrole nitrogens is 1. The number of nitrogens with zero attached hydrogens (tertiary/aromatic N) is 4. The summed E-state index contributed by atoms with van der Waals surface area (Å²) in [6.45, 7) is 8.19. The molecule has 6 nitrogen and oxygen atoms in total. The molecule has 1 atom stereocenters. The van der Waals surface area contributed by atoms with Crippen molar-refractivity contribution in [3.63, 3.8) is 0 Å². The summed E-state index contributed by atoms with van der Waals surface area (Å²) in [5, 5.41) is 16.1. The van der Waals surface area contributed by atoms with Gasteiger partial charge < -0.3 is 4.42 Å². The van der Waals surface area contributed by atoms with Gasteiger partial charge in [0.25, 0.3) is 0 Å². The molecule has 0 saturated heterocycles. The molecule has 1 N–H and O–H groups in total. The average Bonchev–Trinajstić information content (AvgIpc) is 3.16. The van der Waals surface area contributed by atoms with E-state index in [1.165, 1.54) is 11.8 Å². The zero-order chi connectivity index (χ0) is 16.4. The monoisotopic (exact) mass is 329 g/mol. The maximum absolute atomic E-state index is 5.80. The van der Waals surface area contributed by atoms with Crippen molar-refractivity contribution >= 4 is 11.8 Å². The molecule has 0 aliphatic rings. The molecule has 0 fully saturated rings. The molecule has 120 valence electrons. The maximum atomic E-state index is 5.80. The molecular weight excluding hydrogens is 310 g/mol. The lowest BCUT2D eigenvalue weighted by atomic mass is 10.1. The fourth-order valence-corrected chi connectivity index (χ4v) is 2.83. The van der Waals surface area contributed by atoms with E-state index in [9.17, 15) is 0 Å². The zero-order valence-corrected chi connectivity index (χ0v) is 14.4. The molecule has 2 heterocycles. The van der Waals surface area contributed by atoms with Crippen molar-refractivity contribution in [1.82, 2.24) is 25.4 Å². The predicted octanol–water partition coefficient (Wildman–Crippen LogP) is 4.14. The highest BCUT2D eigenvalue weighted by molar-refractivity contribution is 7.99. The van der Waals surface area contributed by atoms with Gasteiger partial charge in [0.15, 0.2) is 0 Å². The van der Waals surface area contributed by atoms with Crippen molar-refractivity contribution in [2.24, 2.45) is 0 Å². The standard InChI is InChI=1S/C16H19N5OS/c1-9(2)13-17-16(21-18-13)23-11(4)14-19-20-15(22-14)12-7-5-6-10(3)8-12/h5-9,11H,1-4H3,(H,17,18,21)/t11-/m1/s1. The number of rotatable bonds is 5. The first-order valence-corrected chi connectivity index (χ1v) is 8.40. The van der Waals surface area contributed by atoms with E-state index < -0.39 is 0 Å². The fraction of sp³-hybridized carbons (Fsp3) is 0.375. The summed E-state index contributed by atoms with van der Waals surface area (Å²) in [5.74, 6) is 2.31. The number of aromatic nitrogens is 5. The molecule has 23 heavy (non-hydrogen) atoms. The molecular formula is C16H19N5OS. The van der Waals surface area contributed by atoms with Crippen LogP contribution in [0.5, 0.6) is 0 Å². The molecule has 7 heteroatoms. The van der Waals surface area contributed by atoms with Crippen LogP contribution in [0.3, 0.4) is 0 Å². The molecule has 0 aliphatic carbocycles. The van der Waals surface area contributed by atoms with Crippen molar-refractivity contribution in [2.75, 3.05) is 0 Å². The Hall–Kier alpha value is -2.15. The van der Waals surface area contributed by atoms with Crippen LogP contribution in [0.1, 0.15) is 49.2 Å². The Kier molecular flexibility index (Phi) is 4.47. The molecule has 0 bridgehead atoms. The van der Waals surface area contributed by atoms with E-state index in [1.807, 2.05) is 38.1 Å². The molecule has 1 aromatic carbocycles. The van der Waals surface area contributed by atoms with Crippen LogP contribution in [0.15, 0.2) is 33.8 Å². The summed E-state index contributed by atoms with van der Waals surface area (Å²) in [4.78, 5) is 4.46. The summed E-state index contributed by atoms with van der Waals surface area (Å²) < 4.78 is 5.80. The van der Waals surface area contributed by atoms with Crippen LogP contribution in [0.25, 0.3) is 11.5 Å². The van der Waals surface area contributed by atoms with Gasteiger partial charge in [-0.25, -0.2) is 4.98 Å². The molecule has 2 aromatic heterocycles. The number of thioether (sulfide) groups is 1. The van der Waals surface area contributed by atoms with E-state index >= 15 is 0 Å². The van der Waals surface area contributed by atoms with Crippen LogP contribution >= 0.6 is 11.8 Å². The Morgan fingerprint density at radius 1 is 1.17 bits per heavy atom. The number of hydrogen-bond acceptors (Lipinski definition) is 6. The van der Waals surface area contributed by atoms with Crippen molar-refractivity contribution in [3.8, 4) is 11.5 Å². The van der Waals surface area contributed by atoms with Gasteiger partial charge in [0.2, 0.25) is 16.9 Å². The quantitative estimate of drug-likeness (QED) is 0.709. The summed E-state index contributed by atoms with van der Waals surface area (Å²) in [7, 11) is 0. The normalized spacial score (nSPS) is 12.7. The maximum Gasteiger partial charge on any atom is 0.247 e. The van der Waals surface area contributed by atoms with Crippen molar-refractivity contribution < 1.29 is 4.42 Å². The van der Waals surface area contributed by atoms with Gasteiger partial charge in [-0.05, 0) is 26.0 Å². The Morgan fingerprint density at radius 2 is 2.00 bits per heavy atom. The molecule has 0 spiro atoms. The van der Waals surface area contributed by atoms with E-state index in [2.05, 4.69) is 39.2 Å². The van der Waals surface area contributed by atoms with Gasteiger partial charge >= 0.3 is 0 Å². The van der Waals surface area contributed by atoms with Crippen LogP contribution < -0.4 is 0 Å². The Balaban J connectivity index is 1.74. The van der Waals surface area contributed by atoms with Crippen molar-refractivity contribution in [3.05, 3.63) is 41.5 Å². The van der Waals surface area contributed by atoms with Crippen LogP contribution in [-0.2, 0) is 0 Å². The third-order valence-corrected chi connectivity index (χ3v) is 4.31. The predicted molar refractivity (Wildman–Crippen MR) is 89.2 cm³/mol. The zero-order valence-electron chi connectivity index (χ0n) is 13.6. The third-order valence-electron chi connectivity index (χ3n) is 3.36. The van der Waals surface area contributed by atoms with Gasteiger partial charge in [0.05, 0.1) is 5.25 Å². The van der Waals surface area contributed by atoms with Gasteiger partial charge in [-0.15, -0.1) is 15.3 Å². The van der Waals surface area contributed by atoms with Gasteiger partial charge in [-0.1, -0.05) is 43.3 Å². The second-order valence-electron chi connectivity index (χ2n) is 5.73. The van der Waals surface area contributed by atoms with E-state index in [0.717, 1.165) is 17.0 Å². The highest BCUT2D eigenvalue weighted by Crippen LogP contribution is 2.33. The van der Waals surface area contributed by atoms with E-state index in [-0.39, 0.29) is 5.25 Å². The van der Waals surface area contributed by atoms with Gasteiger partial charge in [0, 0.05) is 11.5 Å². The lowest BCUT2D eigenvalue weighted by Crippen LogP contribution is -1.91. The van der Waals surface area contributed by atoms with Crippen LogP contribution in [-0.4, -0.2) is 25.4 Å². The minimum absolute atomic E-state index is 0.0168. The van der Waals surface area contributed by atoms with Crippen LogP contribution in [0.2, 0.25) is 0 Å². The first-order chi connectivity index (χ1) is 11.0. The first kappa shape index (κ1) is 15.7. The number of benzene rings is 1. The molecule has 0 radical (unpaired) electrons. The lowest BCUT2D eigenvalue weighted by Gasteiger charge is -2.02. The van der Waals surface area contributed by atoms with Crippen molar-refractivity contribution in [2.45, 2.75) is 44.0 Å². The summed E-state index contributed by atoms with van der Waals surface area (Å²) >= 11 is 1.50. The minimum atomic E-state index is -0.0168. The highest BCUT2D eigenvalue weighted by atomic mass is 32.2.